The van der Waals surface area contributed by atoms with Crippen LogP contribution in [0.2, 0.25) is 0 Å². The monoisotopic (exact) mass is 681 g/mol. The van der Waals surface area contributed by atoms with Crippen molar-refractivity contribution in [2.75, 3.05) is 26.4 Å². The topological polar surface area (TPSA) is 38.7 Å². The Morgan fingerprint density at radius 2 is 0.542 bits per heavy atom. The summed E-state index contributed by atoms with van der Waals surface area (Å²) in [6.07, 6.45) is 53.2. The van der Waals surface area contributed by atoms with E-state index in [-0.39, 0.29) is 12.7 Å². The third kappa shape index (κ3) is 42.0. The average Bonchev–Trinajstić information content (AvgIpc) is 3.10. The lowest BCUT2D eigenvalue weighted by Crippen LogP contribution is -2.24. The van der Waals surface area contributed by atoms with Crippen LogP contribution in [-0.2, 0) is 9.47 Å². The molecule has 0 fully saturated rings. The molecule has 0 aliphatic heterocycles. The molecule has 0 aromatic rings. The lowest BCUT2D eigenvalue weighted by molar-refractivity contribution is -0.0437. The summed E-state index contributed by atoms with van der Waals surface area (Å²) >= 11 is 0. The molecule has 1 N–H and O–H groups in total. The van der Waals surface area contributed by atoms with Gasteiger partial charge in [-0.25, -0.2) is 0 Å². The van der Waals surface area contributed by atoms with Gasteiger partial charge in [0.2, 0.25) is 0 Å². The standard InChI is InChI=1S/C45H92O3/c1-3-5-7-9-11-13-15-17-19-21-23-25-27-29-31-33-35-37-39-41-47-44-45(43-46)48-42-40-38-36-34-32-30-28-26-24-22-20-18-16-14-12-10-8-6-4-2/h45-46H,3-44H2,1-2H3. The van der Waals surface area contributed by atoms with Gasteiger partial charge in [0.25, 0.3) is 0 Å². The summed E-state index contributed by atoms with van der Waals surface area (Å²) in [5.41, 5.74) is 0. The second-order valence-corrected chi connectivity index (χ2v) is 15.5. The summed E-state index contributed by atoms with van der Waals surface area (Å²) in [6, 6.07) is 0. The first kappa shape index (κ1) is 47.9. The van der Waals surface area contributed by atoms with Gasteiger partial charge in [0.1, 0.15) is 6.10 Å². The second-order valence-electron chi connectivity index (χ2n) is 15.5. The zero-order valence-corrected chi connectivity index (χ0v) is 33.5. The quantitative estimate of drug-likeness (QED) is 0.0651. The van der Waals surface area contributed by atoms with E-state index in [4.69, 9.17) is 9.47 Å². The van der Waals surface area contributed by atoms with Gasteiger partial charge >= 0.3 is 0 Å². The van der Waals surface area contributed by atoms with Crippen molar-refractivity contribution in [2.24, 2.45) is 0 Å². The Morgan fingerprint density at radius 1 is 0.312 bits per heavy atom. The van der Waals surface area contributed by atoms with Crippen LogP contribution in [0.4, 0.5) is 0 Å². The molecule has 0 aromatic heterocycles. The predicted molar refractivity (Wildman–Crippen MR) is 214 cm³/mol. The molecule has 0 bridgehead atoms. The fourth-order valence-corrected chi connectivity index (χ4v) is 7.08. The molecule has 3 heteroatoms. The van der Waals surface area contributed by atoms with Crippen LogP contribution in [0.15, 0.2) is 0 Å². The molecule has 0 aliphatic carbocycles. The molecule has 0 saturated carbocycles. The van der Waals surface area contributed by atoms with Crippen molar-refractivity contribution in [2.45, 2.75) is 264 Å². The van der Waals surface area contributed by atoms with Gasteiger partial charge in [-0.3, -0.25) is 0 Å². The Labute approximate surface area is 304 Å². The SMILES string of the molecule is CCCCCCCCCCCCCCCCCCCCCOCC(CO)OCCCCCCCCCCCCCCCCCCCCC. The largest absolute Gasteiger partial charge is 0.394 e. The van der Waals surface area contributed by atoms with E-state index in [0.717, 1.165) is 26.1 Å². The molecular formula is C45H92O3. The number of hydrogen-bond acceptors (Lipinski definition) is 3. The molecule has 0 spiro atoms. The molecule has 0 aromatic carbocycles. The van der Waals surface area contributed by atoms with E-state index in [0.29, 0.717) is 6.61 Å². The van der Waals surface area contributed by atoms with Gasteiger partial charge in [0.15, 0.2) is 0 Å². The first-order chi connectivity index (χ1) is 23.8. The minimum atomic E-state index is -0.152. The minimum absolute atomic E-state index is 0.0678. The van der Waals surface area contributed by atoms with Crippen LogP contribution < -0.4 is 0 Å². The van der Waals surface area contributed by atoms with E-state index in [1.165, 1.54) is 231 Å². The molecule has 3 nitrogen and oxygen atoms in total. The van der Waals surface area contributed by atoms with Crippen molar-refractivity contribution < 1.29 is 14.6 Å². The maximum Gasteiger partial charge on any atom is 0.104 e. The Morgan fingerprint density at radius 3 is 0.792 bits per heavy atom. The van der Waals surface area contributed by atoms with Gasteiger partial charge in [0.05, 0.1) is 13.2 Å². The first-order valence-corrected chi connectivity index (χ1v) is 22.6. The highest BCUT2D eigenvalue weighted by Gasteiger charge is 2.07. The fourth-order valence-electron chi connectivity index (χ4n) is 7.08. The van der Waals surface area contributed by atoms with Crippen LogP contribution in [0, 0.1) is 0 Å². The Balaban J connectivity index is 3.23. The smallest absolute Gasteiger partial charge is 0.104 e. The van der Waals surface area contributed by atoms with Gasteiger partial charge < -0.3 is 14.6 Å². The molecule has 290 valence electrons. The van der Waals surface area contributed by atoms with E-state index < -0.39 is 0 Å². The number of aliphatic hydroxyl groups excluding tert-OH is 1. The van der Waals surface area contributed by atoms with E-state index in [1.807, 2.05) is 0 Å². The normalized spacial score (nSPS) is 12.3. The van der Waals surface area contributed by atoms with Crippen molar-refractivity contribution in [3.05, 3.63) is 0 Å². The van der Waals surface area contributed by atoms with Crippen LogP contribution >= 0.6 is 0 Å². The van der Waals surface area contributed by atoms with Gasteiger partial charge in [-0.1, -0.05) is 245 Å². The molecule has 1 unspecified atom stereocenters. The minimum Gasteiger partial charge on any atom is -0.394 e. The zero-order chi connectivity index (χ0) is 34.7. The van der Waals surface area contributed by atoms with Crippen molar-refractivity contribution in [3.63, 3.8) is 0 Å². The second kappa shape index (κ2) is 44.9. The Hall–Kier alpha value is -0.120. The van der Waals surface area contributed by atoms with Gasteiger partial charge in [-0.05, 0) is 12.8 Å². The highest BCUT2D eigenvalue weighted by Crippen LogP contribution is 2.16. The van der Waals surface area contributed by atoms with Gasteiger partial charge in [-0.15, -0.1) is 0 Å². The lowest BCUT2D eigenvalue weighted by Gasteiger charge is -2.15. The van der Waals surface area contributed by atoms with Crippen LogP contribution in [0.1, 0.15) is 258 Å². The summed E-state index contributed by atoms with van der Waals surface area (Å²) < 4.78 is 11.7. The number of aliphatic hydroxyl groups is 1. The summed E-state index contributed by atoms with van der Waals surface area (Å²) in [5.74, 6) is 0. The van der Waals surface area contributed by atoms with E-state index in [2.05, 4.69) is 13.8 Å². The van der Waals surface area contributed by atoms with E-state index >= 15 is 0 Å². The molecule has 48 heavy (non-hydrogen) atoms. The third-order valence-electron chi connectivity index (χ3n) is 10.5. The van der Waals surface area contributed by atoms with Crippen molar-refractivity contribution in [3.8, 4) is 0 Å². The summed E-state index contributed by atoms with van der Waals surface area (Å²) in [5, 5.41) is 9.65. The Kier molecular flexibility index (Phi) is 44.8. The maximum atomic E-state index is 9.65. The first-order valence-electron chi connectivity index (χ1n) is 22.6. The number of hydrogen-bond donors (Lipinski definition) is 1. The fraction of sp³-hybridized carbons (Fsp3) is 1.00. The number of rotatable bonds is 44. The van der Waals surface area contributed by atoms with Crippen LogP contribution in [0.25, 0.3) is 0 Å². The predicted octanol–water partition coefficient (Wildman–Crippen LogP) is 15.2. The molecule has 0 rings (SSSR count). The molecule has 0 saturated heterocycles. The van der Waals surface area contributed by atoms with E-state index in [9.17, 15) is 5.11 Å². The highest BCUT2D eigenvalue weighted by atomic mass is 16.5. The van der Waals surface area contributed by atoms with Crippen molar-refractivity contribution >= 4 is 0 Å². The van der Waals surface area contributed by atoms with Crippen LogP contribution in [-0.4, -0.2) is 37.6 Å². The number of ether oxygens (including phenoxy) is 2. The number of unbranched alkanes of at least 4 members (excludes halogenated alkanes) is 36. The third-order valence-corrected chi connectivity index (χ3v) is 10.5. The lowest BCUT2D eigenvalue weighted by atomic mass is 10.0. The van der Waals surface area contributed by atoms with Gasteiger partial charge in [-0.2, -0.15) is 0 Å². The summed E-state index contributed by atoms with van der Waals surface area (Å²) in [6.45, 7) is 6.76. The van der Waals surface area contributed by atoms with Crippen LogP contribution in [0.3, 0.4) is 0 Å². The average molecular weight is 681 g/mol. The maximum absolute atomic E-state index is 9.65. The summed E-state index contributed by atoms with van der Waals surface area (Å²) in [7, 11) is 0. The molecule has 0 radical (unpaired) electrons. The molecule has 0 amide bonds. The molecule has 1 atom stereocenters. The van der Waals surface area contributed by atoms with Crippen LogP contribution in [0.5, 0.6) is 0 Å². The molecule has 0 heterocycles. The van der Waals surface area contributed by atoms with Gasteiger partial charge in [0, 0.05) is 13.2 Å². The zero-order valence-electron chi connectivity index (χ0n) is 33.5. The van der Waals surface area contributed by atoms with E-state index in [1.54, 1.807) is 0 Å². The van der Waals surface area contributed by atoms with Crippen molar-refractivity contribution in [1.82, 2.24) is 0 Å². The highest BCUT2D eigenvalue weighted by molar-refractivity contribution is 4.56. The Bertz CT molecular complexity index is 538. The summed E-state index contributed by atoms with van der Waals surface area (Å²) in [4.78, 5) is 0. The van der Waals surface area contributed by atoms with Crippen molar-refractivity contribution in [1.29, 1.82) is 0 Å². The molecule has 0 aliphatic rings. The molecular weight excluding hydrogens is 588 g/mol.